The first-order valence-electron chi connectivity index (χ1n) is 9.41. The van der Waals surface area contributed by atoms with Gasteiger partial charge in [0.15, 0.2) is 5.60 Å². The van der Waals surface area contributed by atoms with Crippen molar-refractivity contribution < 1.29 is 13.8 Å². The SMILES string of the molecule is CC(C)(C)[S+]([O-])/N=C1/c2ccccc2OC12CCN([S+]([O-])C(C)(C)C)CC2. The third-order valence-corrected chi connectivity index (χ3v) is 8.14. The van der Waals surface area contributed by atoms with Gasteiger partial charge in [-0.05, 0) is 53.7 Å². The fraction of sp³-hybridized carbons (Fsp3) is 0.650. The molecule has 0 radical (unpaired) electrons. The number of benzene rings is 1. The van der Waals surface area contributed by atoms with Crippen LogP contribution < -0.4 is 4.74 Å². The van der Waals surface area contributed by atoms with Gasteiger partial charge in [0.2, 0.25) is 0 Å². The zero-order valence-electron chi connectivity index (χ0n) is 17.1. The minimum atomic E-state index is -1.36. The molecule has 2 aliphatic rings. The number of fused-ring (bicyclic) bond motifs is 1. The van der Waals surface area contributed by atoms with Crippen molar-refractivity contribution in [1.29, 1.82) is 0 Å². The van der Waals surface area contributed by atoms with Crippen LogP contribution in [0.2, 0.25) is 0 Å². The fourth-order valence-corrected chi connectivity index (χ4v) is 5.34. The van der Waals surface area contributed by atoms with Gasteiger partial charge in [-0.3, -0.25) is 0 Å². The van der Waals surface area contributed by atoms with Gasteiger partial charge < -0.3 is 13.8 Å². The third kappa shape index (κ3) is 4.17. The quantitative estimate of drug-likeness (QED) is 0.698. The lowest BCUT2D eigenvalue weighted by Gasteiger charge is -2.40. The molecule has 0 N–H and O–H groups in total. The first-order valence-corrected chi connectivity index (χ1v) is 11.6. The van der Waals surface area contributed by atoms with Crippen LogP contribution in [0.4, 0.5) is 0 Å². The molecule has 7 heteroatoms. The van der Waals surface area contributed by atoms with Gasteiger partial charge in [-0.15, -0.1) is 4.31 Å². The zero-order chi connectivity index (χ0) is 20.0. The molecule has 0 amide bonds. The summed E-state index contributed by atoms with van der Waals surface area (Å²) in [6, 6.07) is 7.84. The Morgan fingerprint density at radius 3 is 2.15 bits per heavy atom. The molecule has 0 saturated carbocycles. The summed E-state index contributed by atoms with van der Waals surface area (Å²) < 4.78 is 37.9. The Balaban J connectivity index is 1.90. The van der Waals surface area contributed by atoms with Crippen LogP contribution >= 0.6 is 0 Å². The molecular formula is C20H30N2O3S2. The van der Waals surface area contributed by atoms with Gasteiger partial charge >= 0.3 is 0 Å². The summed E-state index contributed by atoms with van der Waals surface area (Å²) in [4.78, 5) is 0. The maximum Gasteiger partial charge on any atom is 0.159 e. The molecule has 0 aliphatic carbocycles. The van der Waals surface area contributed by atoms with E-state index in [4.69, 9.17) is 4.74 Å². The van der Waals surface area contributed by atoms with Crippen LogP contribution in [0.25, 0.3) is 0 Å². The number of nitrogens with zero attached hydrogens (tertiary/aromatic N) is 2. The molecule has 2 unspecified atom stereocenters. The smallest absolute Gasteiger partial charge is 0.159 e. The van der Waals surface area contributed by atoms with Crippen LogP contribution in [0.5, 0.6) is 5.75 Å². The molecule has 27 heavy (non-hydrogen) atoms. The van der Waals surface area contributed by atoms with E-state index in [1.807, 2.05) is 70.1 Å². The Bertz CT molecular complexity index is 717. The standard InChI is InChI=1S/C20H30N2O3S2/c1-18(2,3)26(23)21-17-15-9-7-8-10-16(15)25-20(17)11-13-22(14-12-20)27(24)19(4,5)6/h7-10H,11-14H2,1-6H3/b21-17-. The third-order valence-electron chi connectivity index (χ3n) is 4.87. The molecule has 2 heterocycles. The summed E-state index contributed by atoms with van der Waals surface area (Å²) in [6.07, 6.45) is 1.37. The summed E-state index contributed by atoms with van der Waals surface area (Å²) >= 11 is -2.41. The fourth-order valence-electron chi connectivity index (χ4n) is 3.35. The lowest BCUT2D eigenvalue weighted by Crippen LogP contribution is -2.55. The second kappa shape index (κ2) is 7.26. The van der Waals surface area contributed by atoms with E-state index >= 15 is 0 Å². The lowest BCUT2D eigenvalue weighted by atomic mass is 9.86. The first kappa shape index (κ1) is 21.0. The highest BCUT2D eigenvalue weighted by Crippen LogP contribution is 2.43. The summed E-state index contributed by atoms with van der Waals surface area (Å²) in [5.74, 6) is 0.799. The van der Waals surface area contributed by atoms with E-state index in [-0.39, 0.29) is 4.75 Å². The predicted octanol–water partition coefficient (Wildman–Crippen LogP) is 3.63. The van der Waals surface area contributed by atoms with Gasteiger partial charge in [-0.2, -0.15) is 0 Å². The van der Waals surface area contributed by atoms with Gasteiger partial charge in [0.05, 0.1) is 0 Å². The Labute approximate surface area is 169 Å². The van der Waals surface area contributed by atoms with E-state index in [2.05, 4.69) is 4.40 Å². The molecule has 5 nitrogen and oxygen atoms in total. The molecule has 150 valence electrons. The molecule has 0 bridgehead atoms. The molecule has 1 fully saturated rings. The van der Waals surface area contributed by atoms with Crippen LogP contribution in [-0.2, 0) is 22.7 Å². The molecule has 1 saturated heterocycles. The number of rotatable bonds is 2. The second-order valence-electron chi connectivity index (χ2n) is 9.18. The van der Waals surface area contributed by atoms with E-state index in [1.54, 1.807) is 0 Å². The number of ether oxygens (including phenoxy) is 1. The summed E-state index contributed by atoms with van der Waals surface area (Å²) in [7, 11) is 0. The van der Waals surface area contributed by atoms with Gasteiger partial charge in [0.1, 0.15) is 32.3 Å². The van der Waals surface area contributed by atoms with Gasteiger partial charge in [-0.25, -0.2) is 0 Å². The highest BCUT2D eigenvalue weighted by molar-refractivity contribution is 7.91. The molecule has 0 aromatic heterocycles. The van der Waals surface area contributed by atoms with Crippen LogP contribution in [0.15, 0.2) is 28.7 Å². The number of hydrogen-bond acceptors (Lipinski definition) is 5. The number of piperidine rings is 1. The van der Waals surface area contributed by atoms with Crippen molar-refractivity contribution in [2.75, 3.05) is 13.1 Å². The molecule has 2 aliphatic heterocycles. The van der Waals surface area contributed by atoms with E-state index in [9.17, 15) is 9.11 Å². The Kier molecular flexibility index (Phi) is 5.65. The summed E-state index contributed by atoms with van der Waals surface area (Å²) in [6.45, 7) is 13.1. The average Bonchev–Trinajstić information content (AvgIpc) is 2.87. The monoisotopic (exact) mass is 410 g/mol. The van der Waals surface area contributed by atoms with Crippen molar-refractivity contribution in [3.05, 3.63) is 29.8 Å². The molecule has 1 spiro atoms. The van der Waals surface area contributed by atoms with Gasteiger partial charge in [-0.1, -0.05) is 16.5 Å². The number of para-hydroxylation sites is 1. The van der Waals surface area contributed by atoms with Crippen molar-refractivity contribution in [3.8, 4) is 5.75 Å². The average molecular weight is 411 g/mol. The minimum Gasteiger partial charge on any atom is -0.598 e. The molecular weight excluding hydrogens is 380 g/mol. The van der Waals surface area contributed by atoms with Gasteiger partial charge in [0, 0.05) is 42.9 Å². The van der Waals surface area contributed by atoms with E-state index in [0.717, 1.165) is 17.0 Å². The Hall–Kier alpha value is -0.730. The van der Waals surface area contributed by atoms with E-state index in [0.29, 0.717) is 25.9 Å². The predicted molar refractivity (Wildman–Crippen MR) is 113 cm³/mol. The molecule has 2 atom stereocenters. The highest BCUT2D eigenvalue weighted by atomic mass is 32.2. The lowest BCUT2D eigenvalue weighted by molar-refractivity contribution is 0.0923. The van der Waals surface area contributed by atoms with Crippen molar-refractivity contribution in [1.82, 2.24) is 4.31 Å². The topological polar surface area (TPSA) is 71.0 Å². The maximum absolute atomic E-state index is 12.8. The first-order chi connectivity index (χ1) is 12.4. The van der Waals surface area contributed by atoms with E-state index in [1.165, 1.54) is 0 Å². The Morgan fingerprint density at radius 2 is 1.59 bits per heavy atom. The maximum atomic E-state index is 12.8. The van der Waals surface area contributed by atoms with Crippen LogP contribution in [0.3, 0.4) is 0 Å². The van der Waals surface area contributed by atoms with Crippen molar-refractivity contribution >= 4 is 28.4 Å². The van der Waals surface area contributed by atoms with Crippen LogP contribution in [-0.4, -0.2) is 47.3 Å². The Morgan fingerprint density at radius 1 is 1.00 bits per heavy atom. The second-order valence-corrected chi connectivity index (χ2v) is 13.3. The molecule has 1 aromatic rings. The summed E-state index contributed by atoms with van der Waals surface area (Å²) in [5, 5.41) is 0. The zero-order valence-corrected chi connectivity index (χ0v) is 18.7. The van der Waals surface area contributed by atoms with Gasteiger partial charge in [0.25, 0.3) is 0 Å². The van der Waals surface area contributed by atoms with Crippen molar-refractivity contribution in [2.24, 2.45) is 4.40 Å². The summed E-state index contributed by atoms with van der Waals surface area (Å²) in [5.41, 5.74) is 1.14. The van der Waals surface area contributed by atoms with Crippen molar-refractivity contribution in [3.63, 3.8) is 0 Å². The minimum absolute atomic E-state index is 0.283. The molecule has 1 aromatic carbocycles. The molecule has 3 rings (SSSR count). The highest BCUT2D eigenvalue weighted by Gasteiger charge is 2.52. The van der Waals surface area contributed by atoms with E-state index < -0.39 is 33.1 Å². The van der Waals surface area contributed by atoms with Crippen molar-refractivity contribution in [2.45, 2.75) is 69.5 Å². The normalized spacial score (nSPS) is 23.9. The van der Waals surface area contributed by atoms with Crippen LogP contribution in [0, 0.1) is 0 Å². The largest absolute Gasteiger partial charge is 0.598 e. The van der Waals surface area contributed by atoms with Crippen LogP contribution in [0.1, 0.15) is 59.9 Å². The number of hydrogen-bond donors (Lipinski definition) is 0.